The molecular weight excluding hydrogens is 356 g/mol. The highest BCUT2D eigenvalue weighted by molar-refractivity contribution is 7.98. The number of nitrogens with zero attached hydrogens (tertiary/aromatic N) is 5. The van der Waals surface area contributed by atoms with Crippen molar-refractivity contribution >= 4 is 34.0 Å². The van der Waals surface area contributed by atoms with Crippen LogP contribution in [0.3, 0.4) is 0 Å². The largest absolute Gasteiger partial charge is 0.335 e. The molecule has 0 unspecified atom stereocenters. The Morgan fingerprint density at radius 1 is 1.20 bits per heavy atom. The summed E-state index contributed by atoms with van der Waals surface area (Å²) in [5, 5.41) is 11.4. The van der Waals surface area contributed by atoms with Crippen molar-refractivity contribution < 1.29 is 0 Å². The van der Waals surface area contributed by atoms with Gasteiger partial charge in [0.25, 0.3) is 5.56 Å². The molecule has 7 nitrogen and oxygen atoms in total. The van der Waals surface area contributed by atoms with Gasteiger partial charge < -0.3 is 5.84 Å². The fraction of sp³-hybridized carbons (Fsp3) is 0.125. The predicted octanol–water partition coefficient (Wildman–Crippen LogP) is 2.26. The van der Waals surface area contributed by atoms with Crippen molar-refractivity contribution in [3.05, 3.63) is 58.0 Å². The van der Waals surface area contributed by atoms with E-state index in [2.05, 4.69) is 15.2 Å². The van der Waals surface area contributed by atoms with E-state index in [1.54, 1.807) is 29.0 Å². The van der Waals surface area contributed by atoms with Gasteiger partial charge in [0, 0.05) is 7.05 Å². The minimum atomic E-state index is -0.0605. The van der Waals surface area contributed by atoms with E-state index < -0.39 is 0 Å². The van der Waals surface area contributed by atoms with Crippen LogP contribution in [0.5, 0.6) is 0 Å². The van der Waals surface area contributed by atoms with Gasteiger partial charge in [0.15, 0.2) is 5.82 Å². The van der Waals surface area contributed by atoms with Gasteiger partial charge in [-0.2, -0.15) is 0 Å². The monoisotopic (exact) mass is 370 g/mol. The van der Waals surface area contributed by atoms with Gasteiger partial charge in [0.2, 0.25) is 5.16 Å². The molecule has 0 fully saturated rings. The number of rotatable bonds is 4. The third-order valence-electron chi connectivity index (χ3n) is 3.81. The number of thioether (sulfide) groups is 1. The molecule has 0 aliphatic heterocycles. The molecular formula is C16H14N6OS2. The first kappa shape index (κ1) is 15.9. The van der Waals surface area contributed by atoms with Crippen LogP contribution in [-0.2, 0) is 12.8 Å². The predicted molar refractivity (Wildman–Crippen MR) is 100 cm³/mol. The van der Waals surface area contributed by atoms with Gasteiger partial charge in [-0.25, -0.2) is 9.66 Å². The van der Waals surface area contributed by atoms with Gasteiger partial charge in [-0.3, -0.25) is 9.36 Å². The first-order chi connectivity index (χ1) is 12.1. The van der Waals surface area contributed by atoms with E-state index in [1.165, 1.54) is 16.4 Å². The van der Waals surface area contributed by atoms with Crippen molar-refractivity contribution in [3.8, 4) is 10.7 Å². The number of aromatic nitrogens is 5. The maximum Gasteiger partial charge on any atom is 0.261 e. The zero-order valence-electron chi connectivity index (χ0n) is 13.3. The molecule has 0 bridgehead atoms. The minimum Gasteiger partial charge on any atom is -0.335 e. The number of thiophene rings is 1. The molecule has 25 heavy (non-hydrogen) atoms. The van der Waals surface area contributed by atoms with Crippen LogP contribution < -0.4 is 11.4 Å². The summed E-state index contributed by atoms with van der Waals surface area (Å²) in [4.78, 5) is 18.0. The van der Waals surface area contributed by atoms with Gasteiger partial charge in [0.1, 0.15) is 5.82 Å². The Balaban J connectivity index is 1.63. The smallest absolute Gasteiger partial charge is 0.261 e. The zero-order valence-corrected chi connectivity index (χ0v) is 14.9. The van der Waals surface area contributed by atoms with Gasteiger partial charge in [-0.1, -0.05) is 30.0 Å². The van der Waals surface area contributed by atoms with E-state index in [0.717, 1.165) is 4.88 Å². The molecule has 0 atom stereocenters. The van der Waals surface area contributed by atoms with Crippen molar-refractivity contribution in [3.63, 3.8) is 0 Å². The zero-order chi connectivity index (χ0) is 17.4. The van der Waals surface area contributed by atoms with Crippen LogP contribution in [0.25, 0.3) is 21.6 Å². The number of hydrogen-bond acceptors (Lipinski definition) is 7. The lowest BCUT2D eigenvalue weighted by Gasteiger charge is -2.08. The molecule has 9 heteroatoms. The maximum atomic E-state index is 12.4. The summed E-state index contributed by atoms with van der Waals surface area (Å²) in [6.45, 7) is 0. The standard InChI is InChI=1S/C16H14N6OS2/c1-21-13(18-11-6-3-2-5-10(11)15(21)23)9-25-16-20-19-14(22(16)17)12-7-4-8-24-12/h2-8H,9,17H2,1H3. The van der Waals surface area contributed by atoms with E-state index in [4.69, 9.17) is 5.84 Å². The molecule has 4 rings (SSSR count). The van der Waals surface area contributed by atoms with E-state index >= 15 is 0 Å². The van der Waals surface area contributed by atoms with Crippen molar-refractivity contribution in [2.45, 2.75) is 10.9 Å². The third kappa shape index (κ3) is 2.81. The fourth-order valence-corrected chi connectivity index (χ4v) is 4.02. The molecule has 2 N–H and O–H groups in total. The van der Waals surface area contributed by atoms with Crippen LogP contribution in [0, 0.1) is 0 Å². The first-order valence-corrected chi connectivity index (χ1v) is 9.33. The molecule has 0 radical (unpaired) electrons. The average Bonchev–Trinajstić information content (AvgIpc) is 3.27. The summed E-state index contributed by atoms with van der Waals surface area (Å²) >= 11 is 2.95. The quantitative estimate of drug-likeness (QED) is 0.438. The van der Waals surface area contributed by atoms with Crippen molar-refractivity contribution in [2.24, 2.45) is 7.05 Å². The lowest BCUT2D eigenvalue weighted by molar-refractivity contribution is 0.781. The summed E-state index contributed by atoms with van der Waals surface area (Å²) in [5.74, 6) is 7.86. The van der Waals surface area contributed by atoms with E-state index in [-0.39, 0.29) is 5.56 Å². The maximum absolute atomic E-state index is 12.4. The second kappa shape index (κ2) is 6.34. The van der Waals surface area contributed by atoms with Gasteiger partial charge in [-0.15, -0.1) is 21.5 Å². The number of hydrogen-bond donors (Lipinski definition) is 1. The van der Waals surface area contributed by atoms with Crippen molar-refractivity contribution in [2.75, 3.05) is 5.84 Å². The van der Waals surface area contributed by atoms with E-state index in [1.807, 2.05) is 35.7 Å². The Morgan fingerprint density at radius 3 is 2.84 bits per heavy atom. The molecule has 0 aliphatic rings. The highest BCUT2D eigenvalue weighted by Gasteiger charge is 2.14. The van der Waals surface area contributed by atoms with Gasteiger partial charge in [-0.05, 0) is 23.6 Å². The highest BCUT2D eigenvalue weighted by atomic mass is 32.2. The topological polar surface area (TPSA) is 91.6 Å². The Kier molecular flexibility index (Phi) is 4.02. The van der Waals surface area contributed by atoms with E-state index in [9.17, 15) is 4.79 Å². The molecule has 3 aromatic heterocycles. The Hall–Kier alpha value is -2.65. The number of benzene rings is 1. The normalized spacial score (nSPS) is 11.2. The Bertz CT molecular complexity index is 1100. The molecule has 0 saturated heterocycles. The molecule has 1 aromatic carbocycles. The first-order valence-electron chi connectivity index (χ1n) is 7.47. The van der Waals surface area contributed by atoms with Crippen LogP contribution in [-0.4, -0.2) is 24.4 Å². The van der Waals surface area contributed by atoms with Crippen LogP contribution in [0.2, 0.25) is 0 Å². The lowest BCUT2D eigenvalue weighted by atomic mass is 10.2. The fourth-order valence-electron chi connectivity index (χ4n) is 2.47. The van der Waals surface area contributed by atoms with Crippen LogP contribution in [0.4, 0.5) is 0 Å². The average molecular weight is 370 g/mol. The van der Waals surface area contributed by atoms with Crippen LogP contribution in [0.1, 0.15) is 5.82 Å². The van der Waals surface area contributed by atoms with Gasteiger partial charge >= 0.3 is 0 Å². The van der Waals surface area contributed by atoms with Crippen molar-refractivity contribution in [1.29, 1.82) is 0 Å². The number of fused-ring (bicyclic) bond motifs is 1. The van der Waals surface area contributed by atoms with Gasteiger partial charge in [0.05, 0.1) is 21.5 Å². The number of nitrogen functional groups attached to an aromatic ring is 1. The second-order valence-electron chi connectivity index (χ2n) is 5.35. The molecule has 126 valence electrons. The number of para-hydroxylation sites is 1. The summed E-state index contributed by atoms with van der Waals surface area (Å²) in [5.41, 5.74) is 0.629. The molecule has 0 saturated carbocycles. The SMILES string of the molecule is Cn1c(CSc2nnc(-c3cccs3)n2N)nc2ccccc2c1=O. The highest BCUT2D eigenvalue weighted by Crippen LogP contribution is 2.26. The third-order valence-corrected chi connectivity index (χ3v) is 5.62. The Labute approximate surface area is 151 Å². The summed E-state index contributed by atoms with van der Waals surface area (Å²) in [6.07, 6.45) is 0. The molecule has 0 amide bonds. The van der Waals surface area contributed by atoms with Crippen LogP contribution in [0.15, 0.2) is 51.7 Å². The molecule has 0 aliphatic carbocycles. The molecule has 3 heterocycles. The molecule has 4 aromatic rings. The minimum absolute atomic E-state index is 0.0605. The summed E-state index contributed by atoms with van der Waals surface area (Å²) in [7, 11) is 1.72. The molecule has 0 spiro atoms. The number of nitrogens with two attached hydrogens (primary N) is 1. The summed E-state index contributed by atoms with van der Waals surface area (Å²) in [6, 6.07) is 11.2. The summed E-state index contributed by atoms with van der Waals surface area (Å²) < 4.78 is 3.03. The van der Waals surface area contributed by atoms with E-state index in [0.29, 0.717) is 33.5 Å². The van der Waals surface area contributed by atoms with Crippen LogP contribution >= 0.6 is 23.1 Å². The second-order valence-corrected chi connectivity index (χ2v) is 7.24. The lowest BCUT2D eigenvalue weighted by Crippen LogP contribution is -2.22. The van der Waals surface area contributed by atoms with Crippen molar-refractivity contribution in [1.82, 2.24) is 24.4 Å². The Morgan fingerprint density at radius 2 is 2.04 bits per heavy atom.